The van der Waals surface area contributed by atoms with E-state index in [2.05, 4.69) is 6.58 Å². The van der Waals surface area contributed by atoms with E-state index < -0.39 is 0 Å². The lowest BCUT2D eigenvalue weighted by molar-refractivity contribution is -0.113. The van der Waals surface area contributed by atoms with Gasteiger partial charge in [-0.1, -0.05) is 30.3 Å². The zero-order chi connectivity index (χ0) is 13.4. The van der Waals surface area contributed by atoms with Crippen LogP contribution in [-0.4, -0.2) is 5.91 Å². The van der Waals surface area contributed by atoms with E-state index in [4.69, 9.17) is 16.9 Å². The van der Waals surface area contributed by atoms with Crippen LogP contribution in [0.4, 0.5) is 5.69 Å². The molecule has 0 aromatic heterocycles. The van der Waals surface area contributed by atoms with E-state index in [1.165, 1.54) is 4.90 Å². The molecule has 1 aliphatic heterocycles. The molecule has 0 bridgehead atoms. The molecule has 0 fully saturated rings. The van der Waals surface area contributed by atoms with Gasteiger partial charge in [0.25, 0.3) is 5.91 Å². The maximum atomic E-state index is 12.2. The predicted octanol–water partition coefficient (Wildman–Crippen LogP) is 3.35. The highest BCUT2D eigenvalue weighted by atomic mass is 35.5. The SMILES string of the molecule is C=C1C(C)=C(C#N)C(=O)N1c1c(C)cccc1Cl. The van der Waals surface area contributed by atoms with Gasteiger partial charge >= 0.3 is 0 Å². The largest absolute Gasteiger partial charge is 0.275 e. The summed E-state index contributed by atoms with van der Waals surface area (Å²) in [5, 5.41) is 9.47. The average molecular weight is 259 g/mol. The molecule has 1 aromatic carbocycles. The number of allylic oxidation sites excluding steroid dienone is 1. The molecule has 90 valence electrons. The summed E-state index contributed by atoms with van der Waals surface area (Å²) in [5.74, 6) is -0.365. The lowest BCUT2D eigenvalue weighted by Gasteiger charge is -2.21. The minimum absolute atomic E-state index is 0.124. The summed E-state index contributed by atoms with van der Waals surface area (Å²) < 4.78 is 0. The van der Waals surface area contributed by atoms with Crippen molar-refractivity contribution in [2.24, 2.45) is 0 Å². The summed E-state index contributed by atoms with van der Waals surface area (Å²) in [6.45, 7) is 7.44. The Morgan fingerprint density at radius 1 is 1.39 bits per heavy atom. The van der Waals surface area contributed by atoms with E-state index in [1.54, 1.807) is 13.0 Å². The van der Waals surface area contributed by atoms with Gasteiger partial charge in [0.15, 0.2) is 0 Å². The highest BCUT2D eigenvalue weighted by molar-refractivity contribution is 6.35. The van der Waals surface area contributed by atoms with Gasteiger partial charge in [0, 0.05) is 5.70 Å². The van der Waals surface area contributed by atoms with E-state index >= 15 is 0 Å². The first-order valence-electron chi connectivity index (χ1n) is 5.39. The third-order valence-electron chi connectivity index (χ3n) is 3.02. The van der Waals surface area contributed by atoms with Crippen molar-refractivity contribution < 1.29 is 4.79 Å². The Kier molecular flexibility index (Phi) is 2.98. The molecule has 1 heterocycles. The molecule has 0 aliphatic carbocycles. The number of anilines is 1. The van der Waals surface area contributed by atoms with Crippen molar-refractivity contribution in [1.29, 1.82) is 5.26 Å². The molecular formula is C14H11ClN2O. The summed E-state index contributed by atoms with van der Waals surface area (Å²) in [6, 6.07) is 7.31. The van der Waals surface area contributed by atoms with Gasteiger partial charge in [0.05, 0.1) is 10.7 Å². The van der Waals surface area contributed by atoms with E-state index in [9.17, 15) is 4.79 Å². The molecule has 0 N–H and O–H groups in total. The zero-order valence-corrected chi connectivity index (χ0v) is 10.9. The normalized spacial score (nSPS) is 15.3. The summed E-state index contributed by atoms with van der Waals surface area (Å²) >= 11 is 6.14. The number of hydrogen-bond acceptors (Lipinski definition) is 2. The van der Waals surface area contributed by atoms with Gasteiger partial charge < -0.3 is 0 Å². The van der Waals surface area contributed by atoms with E-state index in [0.717, 1.165) is 5.56 Å². The molecule has 0 atom stereocenters. The summed E-state index contributed by atoms with van der Waals surface area (Å²) in [7, 11) is 0. The molecule has 0 spiro atoms. The van der Waals surface area contributed by atoms with Crippen molar-refractivity contribution in [2.45, 2.75) is 13.8 Å². The minimum atomic E-state index is -0.365. The standard InChI is InChI=1S/C14H11ClN2O/c1-8-5-4-6-12(15)13(8)17-10(3)9(2)11(7-16)14(17)18/h4-6H,3H2,1-2H3. The molecule has 3 nitrogen and oxygen atoms in total. The molecular weight excluding hydrogens is 248 g/mol. The van der Waals surface area contributed by atoms with Crippen molar-refractivity contribution >= 4 is 23.2 Å². The number of hydrogen-bond donors (Lipinski definition) is 0. The quantitative estimate of drug-likeness (QED) is 0.775. The number of carbonyl (C=O) groups excluding carboxylic acids is 1. The van der Waals surface area contributed by atoms with E-state index in [0.29, 0.717) is 22.0 Å². The van der Waals surface area contributed by atoms with Crippen molar-refractivity contribution in [3.8, 4) is 6.07 Å². The molecule has 0 unspecified atom stereocenters. The van der Waals surface area contributed by atoms with Crippen LogP contribution < -0.4 is 4.90 Å². The van der Waals surface area contributed by atoms with E-state index in [1.807, 2.05) is 25.1 Å². The molecule has 1 amide bonds. The molecule has 18 heavy (non-hydrogen) atoms. The Balaban J connectivity index is 2.60. The van der Waals surface area contributed by atoms with Crippen LogP contribution in [-0.2, 0) is 4.79 Å². The molecule has 0 saturated heterocycles. The van der Waals surface area contributed by atoms with Crippen LogP contribution >= 0.6 is 11.6 Å². The van der Waals surface area contributed by atoms with Gasteiger partial charge in [-0.15, -0.1) is 0 Å². The fourth-order valence-electron chi connectivity index (χ4n) is 1.98. The number of para-hydroxylation sites is 1. The Morgan fingerprint density at radius 2 is 2.06 bits per heavy atom. The van der Waals surface area contributed by atoms with Gasteiger partial charge in [-0.05, 0) is 31.1 Å². The second kappa shape index (κ2) is 4.32. The molecule has 1 aromatic rings. The number of nitrogens with zero attached hydrogens (tertiary/aromatic N) is 2. The topological polar surface area (TPSA) is 44.1 Å². The maximum absolute atomic E-state index is 12.2. The minimum Gasteiger partial charge on any atom is -0.275 e. The Hall–Kier alpha value is -2.05. The van der Waals surface area contributed by atoms with Crippen molar-refractivity contribution in [2.75, 3.05) is 4.90 Å². The monoisotopic (exact) mass is 258 g/mol. The van der Waals surface area contributed by atoms with Crippen LogP contribution in [0.25, 0.3) is 0 Å². The zero-order valence-electron chi connectivity index (χ0n) is 10.1. The van der Waals surface area contributed by atoms with Crippen LogP contribution in [0.15, 0.2) is 41.6 Å². The van der Waals surface area contributed by atoms with Gasteiger partial charge in [0.1, 0.15) is 11.6 Å². The van der Waals surface area contributed by atoms with Crippen LogP contribution in [0.3, 0.4) is 0 Å². The average Bonchev–Trinajstić information content (AvgIpc) is 2.53. The van der Waals surface area contributed by atoms with Gasteiger partial charge in [-0.3, -0.25) is 9.69 Å². The molecule has 0 radical (unpaired) electrons. The van der Waals surface area contributed by atoms with Crippen LogP contribution in [0, 0.1) is 18.3 Å². The predicted molar refractivity (Wildman–Crippen MR) is 71.1 cm³/mol. The van der Waals surface area contributed by atoms with Crippen molar-refractivity contribution in [1.82, 2.24) is 0 Å². The van der Waals surface area contributed by atoms with Gasteiger partial charge in [-0.25, -0.2) is 0 Å². The Morgan fingerprint density at radius 3 is 2.56 bits per heavy atom. The molecule has 1 aliphatic rings. The van der Waals surface area contributed by atoms with E-state index in [-0.39, 0.29) is 11.5 Å². The highest BCUT2D eigenvalue weighted by Gasteiger charge is 2.34. The summed E-state index contributed by atoms with van der Waals surface area (Å²) in [5.41, 5.74) is 2.69. The fraction of sp³-hybridized carbons (Fsp3) is 0.143. The lowest BCUT2D eigenvalue weighted by Crippen LogP contribution is -2.25. The first-order chi connectivity index (χ1) is 8.49. The van der Waals surface area contributed by atoms with Crippen LogP contribution in [0.2, 0.25) is 5.02 Å². The number of aryl methyl sites for hydroxylation is 1. The second-order valence-corrected chi connectivity index (χ2v) is 4.51. The van der Waals surface area contributed by atoms with Crippen LogP contribution in [0.5, 0.6) is 0 Å². The lowest BCUT2D eigenvalue weighted by atomic mass is 10.1. The van der Waals surface area contributed by atoms with Gasteiger partial charge in [0.2, 0.25) is 0 Å². The first kappa shape index (κ1) is 12.4. The highest BCUT2D eigenvalue weighted by Crippen LogP contribution is 2.38. The third-order valence-corrected chi connectivity index (χ3v) is 3.32. The molecule has 2 rings (SSSR count). The first-order valence-corrected chi connectivity index (χ1v) is 5.76. The number of carbonyl (C=O) groups is 1. The number of halogens is 1. The Labute approximate surface area is 111 Å². The number of benzene rings is 1. The third kappa shape index (κ3) is 1.62. The molecule has 4 heteroatoms. The fourth-order valence-corrected chi connectivity index (χ4v) is 2.29. The number of nitriles is 1. The Bertz CT molecular complexity index is 617. The second-order valence-electron chi connectivity index (χ2n) is 4.10. The smallest absolute Gasteiger partial charge is 0.273 e. The number of rotatable bonds is 1. The van der Waals surface area contributed by atoms with Gasteiger partial charge in [-0.2, -0.15) is 5.26 Å². The van der Waals surface area contributed by atoms with Crippen molar-refractivity contribution in [3.63, 3.8) is 0 Å². The van der Waals surface area contributed by atoms with Crippen LogP contribution in [0.1, 0.15) is 12.5 Å². The summed E-state index contributed by atoms with van der Waals surface area (Å²) in [4.78, 5) is 13.6. The summed E-state index contributed by atoms with van der Waals surface area (Å²) in [6.07, 6.45) is 0. The molecule has 0 saturated carbocycles. The maximum Gasteiger partial charge on any atom is 0.273 e. The number of amides is 1. The van der Waals surface area contributed by atoms with Crippen molar-refractivity contribution in [3.05, 3.63) is 52.2 Å².